The first kappa shape index (κ1) is 11.7. The lowest BCUT2D eigenvalue weighted by Crippen LogP contribution is -1.94. The van der Waals surface area contributed by atoms with E-state index in [1.54, 1.807) is 0 Å². The lowest BCUT2D eigenvalue weighted by molar-refractivity contribution is 1.15. The normalized spacial score (nSPS) is 10.4. The van der Waals surface area contributed by atoms with Crippen LogP contribution in [0.2, 0.25) is 5.02 Å². The highest BCUT2D eigenvalue weighted by atomic mass is 79.9. The van der Waals surface area contributed by atoms with Gasteiger partial charge in [0.25, 0.3) is 0 Å². The summed E-state index contributed by atoms with van der Waals surface area (Å²) in [5, 5.41) is 1.69. The number of halogens is 2. The van der Waals surface area contributed by atoms with Crippen LogP contribution < -0.4 is 0 Å². The second kappa shape index (κ2) is 5.51. The fourth-order valence-corrected chi connectivity index (χ4v) is 2.51. The molecule has 0 aliphatic rings. The summed E-state index contributed by atoms with van der Waals surface area (Å²) in [6.07, 6.45) is 0.890. The van der Waals surface area contributed by atoms with E-state index in [1.165, 1.54) is 16.7 Å². The molecule has 0 unspecified atom stereocenters. The Morgan fingerprint density at radius 3 is 2.38 bits per heavy atom. The van der Waals surface area contributed by atoms with Gasteiger partial charge in [-0.25, -0.2) is 0 Å². The van der Waals surface area contributed by atoms with Crippen LogP contribution in [-0.4, -0.2) is 0 Å². The third-order valence-electron chi connectivity index (χ3n) is 2.58. The van der Waals surface area contributed by atoms with Gasteiger partial charge in [-0.05, 0) is 29.2 Å². The standard InChI is InChI=1S/C14H12BrCl/c15-10-12-7-4-8-14(16)13(12)9-11-5-2-1-3-6-11/h1-8H,9-10H2. The molecule has 0 nitrogen and oxygen atoms in total. The van der Waals surface area contributed by atoms with Crippen molar-refractivity contribution in [3.8, 4) is 0 Å². The van der Waals surface area contributed by atoms with Gasteiger partial charge in [-0.3, -0.25) is 0 Å². The van der Waals surface area contributed by atoms with Crippen molar-refractivity contribution in [3.05, 3.63) is 70.2 Å². The van der Waals surface area contributed by atoms with Crippen LogP contribution in [0.25, 0.3) is 0 Å². The Kier molecular flexibility index (Phi) is 4.03. The zero-order valence-electron chi connectivity index (χ0n) is 8.79. The van der Waals surface area contributed by atoms with E-state index in [9.17, 15) is 0 Å². The van der Waals surface area contributed by atoms with E-state index in [1.807, 2.05) is 18.2 Å². The second-order valence-corrected chi connectivity index (χ2v) is 4.64. The zero-order chi connectivity index (χ0) is 11.4. The van der Waals surface area contributed by atoms with Crippen molar-refractivity contribution in [3.63, 3.8) is 0 Å². The van der Waals surface area contributed by atoms with E-state index in [2.05, 4.69) is 46.3 Å². The highest BCUT2D eigenvalue weighted by Crippen LogP contribution is 2.24. The Morgan fingerprint density at radius 1 is 0.938 bits per heavy atom. The quantitative estimate of drug-likeness (QED) is 0.712. The first-order valence-corrected chi connectivity index (χ1v) is 6.67. The van der Waals surface area contributed by atoms with Crippen LogP contribution in [0, 0.1) is 0 Å². The molecule has 2 rings (SSSR count). The van der Waals surface area contributed by atoms with Gasteiger partial charge in [0.2, 0.25) is 0 Å². The van der Waals surface area contributed by atoms with Crippen LogP contribution in [0.15, 0.2) is 48.5 Å². The van der Waals surface area contributed by atoms with Crippen LogP contribution in [-0.2, 0) is 11.8 Å². The Labute approximate surface area is 109 Å². The molecule has 0 amide bonds. The minimum Gasteiger partial charge on any atom is -0.0876 e. The molecular weight excluding hydrogens is 284 g/mol. The molecule has 0 spiro atoms. The summed E-state index contributed by atoms with van der Waals surface area (Å²) in [4.78, 5) is 0. The molecule has 0 N–H and O–H groups in total. The summed E-state index contributed by atoms with van der Waals surface area (Å²) >= 11 is 9.73. The van der Waals surface area contributed by atoms with Crippen LogP contribution in [0.5, 0.6) is 0 Å². The van der Waals surface area contributed by atoms with Crippen LogP contribution >= 0.6 is 27.5 Å². The van der Waals surface area contributed by atoms with Gasteiger partial charge in [-0.15, -0.1) is 0 Å². The van der Waals surface area contributed by atoms with Crippen molar-refractivity contribution in [1.82, 2.24) is 0 Å². The van der Waals surface area contributed by atoms with Crippen molar-refractivity contribution in [2.24, 2.45) is 0 Å². The Hall–Kier alpha value is -0.790. The molecule has 16 heavy (non-hydrogen) atoms. The summed E-state index contributed by atoms with van der Waals surface area (Å²) in [6.45, 7) is 0. The van der Waals surface area contributed by atoms with Crippen LogP contribution in [0.4, 0.5) is 0 Å². The first-order chi connectivity index (χ1) is 7.81. The molecule has 2 aromatic carbocycles. The number of hydrogen-bond donors (Lipinski definition) is 0. The molecule has 0 fully saturated rings. The smallest absolute Gasteiger partial charge is 0.0444 e. The molecule has 0 atom stereocenters. The van der Waals surface area contributed by atoms with Gasteiger partial charge < -0.3 is 0 Å². The number of benzene rings is 2. The average Bonchev–Trinajstić information content (AvgIpc) is 2.33. The van der Waals surface area contributed by atoms with E-state index >= 15 is 0 Å². The highest BCUT2D eigenvalue weighted by Gasteiger charge is 2.06. The van der Waals surface area contributed by atoms with Gasteiger partial charge in [-0.1, -0.05) is 70.0 Å². The molecule has 0 aliphatic carbocycles. The molecule has 0 radical (unpaired) electrons. The lowest BCUT2D eigenvalue weighted by atomic mass is 10.0. The van der Waals surface area contributed by atoms with E-state index in [0.717, 1.165) is 16.8 Å². The Morgan fingerprint density at radius 2 is 1.69 bits per heavy atom. The maximum Gasteiger partial charge on any atom is 0.0444 e. The second-order valence-electron chi connectivity index (χ2n) is 3.67. The molecule has 0 aliphatic heterocycles. The first-order valence-electron chi connectivity index (χ1n) is 5.17. The predicted octanol–water partition coefficient (Wildman–Crippen LogP) is 4.83. The Bertz CT molecular complexity index is 465. The molecule has 0 bridgehead atoms. The van der Waals surface area contributed by atoms with Gasteiger partial charge in [0.15, 0.2) is 0 Å². The summed E-state index contributed by atoms with van der Waals surface area (Å²) in [5.74, 6) is 0. The maximum absolute atomic E-state index is 6.24. The summed E-state index contributed by atoms with van der Waals surface area (Å²) in [7, 11) is 0. The number of hydrogen-bond acceptors (Lipinski definition) is 0. The van der Waals surface area contributed by atoms with Crippen LogP contribution in [0.1, 0.15) is 16.7 Å². The van der Waals surface area contributed by atoms with Crippen molar-refractivity contribution in [2.75, 3.05) is 0 Å². The average molecular weight is 296 g/mol. The van der Waals surface area contributed by atoms with Crippen molar-refractivity contribution < 1.29 is 0 Å². The molecule has 2 aromatic rings. The van der Waals surface area contributed by atoms with Gasteiger partial charge in [-0.2, -0.15) is 0 Å². The number of rotatable bonds is 3. The van der Waals surface area contributed by atoms with E-state index in [4.69, 9.17) is 11.6 Å². The van der Waals surface area contributed by atoms with E-state index < -0.39 is 0 Å². The molecule has 0 saturated heterocycles. The SMILES string of the molecule is Clc1cccc(CBr)c1Cc1ccccc1. The molecule has 0 saturated carbocycles. The lowest BCUT2D eigenvalue weighted by Gasteiger charge is -2.09. The molecular formula is C14H12BrCl. The van der Waals surface area contributed by atoms with E-state index in [0.29, 0.717) is 0 Å². The third kappa shape index (κ3) is 2.66. The molecule has 82 valence electrons. The van der Waals surface area contributed by atoms with Gasteiger partial charge in [0.05, 0.1) is 0 Å². The van der Waals surface area contributed by atoms with Gasteiger partial charge in [0.1, 0.15) is 0 Å². The number of alkyl halides is 1. The van der Waals surface area contributed by atoms with Crippen molar-refractivity contribution >= 4 is 27.5 Å². The maximum atomic E-state index is 6.24. The largest absolute Gasteiger partial charge is 0.0876 e. The van der Waals surface area contributed by atoms with Crippen molar-refractivity contribution in [1.29, 1.82) is 0 Å². The van der Waals surface area contributed by atoms with Gasteiger partial charge >= 0.3 is 0 Å². The minimum absolute atomic E-state index is 0.843. The minimum atomic E-state index is 0.843. The zero-order valence-corrected chi connectivity index (χ0v) is 11.1. The molecule has 0 heterocycles. The molecule has 0 aromatic heterocycles. The monoisotopic (exact) mass is 294 g/mol. The van der Waals surface area contributed by atoms with Crippen molar-refractivity contribution in [2.45, 2.75) is 11.8 Å². The summed E-state index contributed by atoms with van der Waals surface area (Å²) in [5.41, 5.74) is 3.77. The summed E-state index contributed by atoms with van der Waals surface area (Å²) < 4.78 is 0. The molecule has 2 heteroatoms. The van der Waals surface area contributed by atoms with Gasteiger partial charge in [0, 0.05) is 10.4 Å². The fourth-order valence-electron chi connectivity index (χ4n) is 1.73. The summed E-state index contributed by atoms with van der Waals surface area (Å²) in [6, 6.07) is 16.4. The topological polar surface area (TPSA) is 0 Å². The van der Waals surface area contributed by atoms with E-state index in [-0.39, 0.29) is 0 Å². The van der Waals surface area contributed by atoms with Crippen LogP contribution in [0.3, 0.4) is 0 Å². The Balaban J connectivity index is 2.34. The third-order valence-corrected chi connectivity index (χ3v) is 3.54. The predicted molar refractivity (Wildman–Crippen MR) is 73.3 cm³/mol. The fraction of sp³-hybridized carbons (Fsp3) is 0.143. The highest BCUT2D eigenvalue weighted by molar-refractivity contribution is 9.08.